The van der Waals surface area contributed by atoms with Crippen LogP contribution in [0, 0.1) is 11.3 Å². The third kappa shape index (κ3) is 5.87. The van der Waals surface area contributed by atoms with Gasteiger partial charge in [-0.15, -0.1) is 0 Å². The fourth-order valence-corrected chi connectivity index (χ4v) is 2.64. The molecule has 0 aliphatic rings. The van der Waals surface area contributed by atoms with Crippen molar-refractivity contribution >= 4 is 29.2 Å². The lowest BCUT2D eigenvalue weighted by atomic mass is 10.2. The van der Waals surface area contributed by atoms with Gasteiger partial charge in [0.25, 0.3) is 5.91 Å². The van der Waals surface area contributed by atoms with E-state index in [0.717, 1.165) is 0 Å². The summed E-state index contributed by atoms with van der Waals surface area (Å²) in [6.45, 7) is 5.12. The quantitative estimate of drug-likeness (QED) is 0.679. The monoisotopic (exact) mass is 416 g/mol. The number of carbonyl (C=O) groups is 2. The highest BCUT2D eigenvalue weighted by atomic mass is 35.5. The van der Waals surface area contributed by atoms with Crippen molar-refractivity contribution < 1.29 is 23.8 Å². The lowest BCUT2D eigenvalue weighted by molar-refractivity contribution is -0.123. The summed E-state index contributed by atoms with van der Waals surface area (Å²) in [6, 6.07) is 11.2. The largest absolute Gasteiger partial charge is 0.493 e. The van der Waals surface area contributed by atoms with Crippen molar-refractivity contribution in [1.82, 2.24) is 0 Å². The molecule has 1 N–H and O–H groups in total. The molecule has 29 heavy (non-hydrogen) atoms. The zero-order valence-corrected chi connectivity index (χ0v) is 17.2. The molecule has 0 heterocycles. The van der Waals surface area contributed by atoms with Crippen molar-refractivity contribution in [2.45, 2.75) is 33.0 Å². The summed E-state index contributed by atoms with van der Waals surface area (Å²) in [5.41, 5.74) is 0.948. The average Bonchev–Trinajstić information content (AvgIpc) is 2.68. The summed E-state index contributed by atoms with van der Waals surface area (Å²) in [5.74, 6) is -0.673. The second kappa shape index (κ2) is 9.80. The summed E-state index contributed by atoms with van der Waals surface area (Å²) in [4.78, 5) is 24.8. The number of anilines is 1. The van der Waals surface area contributed by atoms with Gasteiger partial charge >= 0.3 is 5.97 Å². The molecule has 0 spiro atoms. The predicted molar refractivity (Wildman–Crippen MR) is 108 cm³/mol. The zero-order chi connectivity index (χ0) is 21.6. The molecule has 0 aromatic heterocycles. The van der Waals surface area contributed by atoms with Crippen molar-refractivity contribution in [3.05, 3.63) is 52.5 Å². The third-order valence-corrected chi connectivity index (χ3v) is 4.01. The number of methoxy groups -OCH3 is 1. The van der Waals surface area contributed by atoms with Crippen LogP contribution in [0.15, 0.2) is 36.4 Å². The number of amides is 1. The molecule has 7 nitrogen and oxygen atoms in total. The minimum Gasteiger partial charge on any atom is -0.493 e. The Morgan fingerprint density at radius 3 is 2.52 bits per heavy atom. The Kier molecular flexibility index (Phi) is 7.46. The Labute approximate surface area is 174 Å². The van der Waals surface area contributed by atoms with Gasteiger partial charge in [0, 0.05) is 5.69 Å². The van der Waals surface area contributed by atoms with E-state index in [1.807, 2.05) is 19.9 Å². The second-order valence-corrected chi connectivity index (χ2v) is 6.79. The molecule has 152 valence electrons. The van der Waals surface area contributed by atoms with Crippen molar-refractivity contribution in [3.63, 3.8) is 0 Å². The molecule has 1 amide bonds. The van der Waals surface area contributed by atoms with Crippen LogP contribution >= 0.6 is 11.6 Å². The standard InChI is InChI=1S/C21H21ClN2O5/c1-12(2)28-19-17(22)9-15(10-18(19)27-4)21(26)29-13(3)20(25)24-16-7-5-6-14(8-16)11-23/h5-10,12-13H,1-4H3,(H,24,25)/t13-/m0/s1. The Bertz CT molecular complexity index is 953. The highest BCUT2D eigenvalue weighted by molar-refractivity contribution is 6.32. The van der Waals surface area contributed by atoms with Crippen molar-refractivity contribution in [2.24, 2.45) is 0 Å². The summed E-state index contributed by atoms with van der Waals surface area (Å²) in [7, 11) is 1.43. The molecule has 8 heteroatoms. The number of hydrogen-bond acceptors (Lipinski definition) is 6. The lowest BCUT2D eigenvalue weighted by Crippen LogP contribution is -2.30. The van der Waals surface area contributed by atoms with Crippen molar-refractivity contribution in [2.75, 3.05) is 12.4 Å². The maximum atomic E-state index is 12.5. The van der Waals surface area contributed by atoms with Crippen LogP contribution in [0.1, 0.15) is 36.7 Å². The number of halogens is 1. The first kappa shape index (κ1) is 22.1. The number of rotatable bonds is 7. The van der Waals surface area contributed by atoms with Crippen LogP contribution in [-0.2, 0) is 9.53 Å². The van der Waals surface area contributed by atoms with Crippen LogP contribution in [0.3, 0.4) is 0 Å². The minimum absolute atomic E-state index is 0.120. The van der Waals surface area contributed by atoms with E-state index in [0.29, 0.717) is 17.0 Å². The lowest BCUT2D eigenvalue weighted by Gasteiger charge is -2.17. The molecule has 0 bridgehead atoms. The molecular weight excluding hydrogens is 396 g/mol. The van der Waals surface area contributed by atoms with E-state index in [2.05, 4.69) is 5.32 Å². The van der Waals surface area contributed by atoms with Gasteiger partial charge in [-0.1, -0.05) is 17.7 Å². The van der Waals surface area contributed by atoms with Gasteiger partial charge in [0.1, 0.15) is 0 Å². The van der Waals surface area contributed by atoms with Crippen LogP contribution in [0.2, 0.25) is 5.02 Å². The van der Waals surface area contributed by atoms with Gasteiger partial charge in [0.15, 0.2) is 17.6 Å². The number of nitrogens with one attached hydrogen (secondary N) is 1. The van der Waals surface area contributed by atoms with Gasteiger partial charge in [0.05, 0.1) is 35.4 Å². The number of nitrogens with zero attached hydrogens (tertiary/aromatic N) is 1. The Balaban J connectivity index is 2.11. The first-order valence-corrected chi connectivity index (χ1v) is 9.19. The Morgan fingerprint density at radius 1 is 1.17 bits per heavy atom. The number of benzene rings is 2. The van der Waals surface area contributed by atoms with Gasteiger partial charge in [-0.25, -0.2) is 4.79 Å². The summed E-state index contributed by atoms with van der Waals surface area (Å²) in [5, 5.41) is 11.7. The molecular formula is C21H21ClN2O5. The van der Waals surface area contributed by atoms with Crippen molar-refractivity contribution in [3.8, 4) is 17.6 Å². The Hall–Kier alpha value is -3.24. The normalized spacial score (nSPS) is 11.3. The maximum Gasteiger partial charge on any atom is 0.339 e. The number of esters is 1. The molecule has 0 unspecified atom stereocenters. The fourth-order valence-electron chi connectivity index (χ4n) is 2.38. The number of ether oxygens (including phenoxy) is 3. The molecule has 2 aromatic rings. The fraction of sp³-hybridized carbons (Fsp3) is 0.286. The number of hydrogen-bond donors (Lipinski definition) is 1. The summed E-state index contributed by atoms with van der Waals surface area (Å²) < 4.78 is 16.1. The highest BCUT2D eigenvalue weighted by Crippen LogP contribution is 2.37. The molecule has 0 fully saturated rings. The Morgan fingerprint density at radius 2 is 1.90 bits per heavy atom. The van der Waals surface area contributed by atoms with Crippen LogP contribution in [-0.4, -0.2) is 31.2 Å². The predicted octanol–water partition coefficient (Wildman–Crippen LogP) is 4.19. The molecule has 2 aromatic carbocycles. The third-order valence-electron chi connectivity index (χ3n) is 3.73. The van der Waals surface area contributed by atoms with Crippen molar-refractivity contribution in [1.29, 1.82) is 5.26 Å². The molecule has 0 aliphatic heterocycles. The first-order valence-electron chi connectivity index (χ1n) is 8.81. The second-order valence-electron chi connectivity index (χ2n) is 6.39. The van der Waals surface area contributed by atoms with Gasteiger partial charge in [0.2, 0.25) is 0 Å². The average molecular weight is 417 g/mol. The highest BCUT2D eigenvalue weighted by Gasteiger charge is 2.22. The van der Waals surface area contributed by atoms with E-state index in [1.54, 1.807) is 18.2 Å². The number of carbonyl (C=O) groups excluding carboxylic acids is 2. The van der Waals surface area contributed by atoms with Gasteiger partial charge < -0.3 is 19.5 Å². The molecule has 0 aliphatic carbocycles. The summed E-state index contributed by atoms with van der Waals surface area (Å²) in [6.07, 6.45) is -1.22. The van der Waals surface area contributed by atoms with Gasteiger partial charge in [-0.05, 0) is 51.1 Å². The number of nitriles is 1. The van der Waals surface area contributed by atoms with Crippen LogP contribution in [0.4, 0.5) is 5.69 Å². The van der Waals surface area contributed by atoms with Crippen LogP contribution in [0.5, 0.6) is 11.5 Å². The maximum absolute atomic E-state index is 12.5. The summed E-state index contributed by atoms with van der Waals surface area (Å²) >= 11 is 6.22. The molecule has 0 saturated carbocycles. The molecule has 1 atom stereocenters. The van der Waals surface area contributed by atoms with Crippen LogP contribution < -0.4 is 14.8 Å². The van der Waals surface area contributed by atoms with Gasteiger partial charge in [-0.3, -0.25) is 4.79 Å². The van der Waals surface area contributed by atoms with E-state index in [4.69, 9.17) is 31.1 Å². The minimum atomic E-state index is -1.08. The van der Waals surface area contributed by atoms with E-state index in [9.17, 15) is 9.59 Å². The smallest absolute Gasteiger partial charge is 0.339 e. The van der Waals surface area contributed by atoms with E-state index in [1.165, 1.54) is 32.2 Å². The SMILES string of the molecule is COc1cc(C(=O)O[C@@H](C)C(=O)Nc2cccc(C#N)c2)cc(Cl)c1OC(C)C. The zero-order valence-electron chi connectivity index (χ0n) is 16.5. The molecule has 0 saturated heterocycles. The van der Waals surface area contributed by atoms with Gasteiger partial charge in [-0.2, -0.15) is 5.26 Å². The van der Waals surface area contributed by atoms with Crippen LogP contribution in [0.25, 0.3) is 0 Å². The molecule has 2 rings (SSSR count). The topological polar surface area (TPSA) is 97.6 Å². The van der Waals surface area contributed by atoms with E-state index in [-0.39, 0.29) is 22.4 Å². The van der Waals surface area contributed by atoms with E-state index >= 15 is 0 Å². The molecule has 0 radical (unpaired) electrons. The van der Waals surface area contributed by atoms with E-state index < -0.39 is 18.0 Å². The first-order chi connectivity index (χ1) is 13.7.